The van der Waals surface area contributed by atoms with Gasteiger partial charge >= 0.3 is 0 Å². The summed E-state index contributed by atoms with van der Waals surface area (Å²) in [5.74, 6) is -0.159. The summed E-state index contributed by atoms with van der Waals surface area (Å²) in [6, 6.07) is 5.85. The van der Waals surface area contributed by atoms with Crippen molar-refractivity contribution in [2.24, 2.45) is 0 Å². The molecule has 0 unspecified atom stereocenters. The van der Waals surface area contributed by atoms with Gasteiger partial charge in [0.1, 0.15) is 5.82 Å². The molecular formula is C11H8FN5O. The zero-order valence-corrected chi connectivity index (χ0v) is 9.07. The van der Waals surface area contributed by atoms with Crippen molar-refractivity contribution in [1.29, 1.82) is 0 Å². The lowest BCUT2D eigenvalue weighted by molar-refractivity contribution is 0.628. The number of aromatic nitrogens is 4. The van der Waals surface area contributed by atoms with Crippen molar-refractivity contribution >= 4 is 22.8 Å². The Morgan fingerprint density at radius 1 is 1.33 bits per heavy atom. The molecule has 2 heterocycles. The Labute approximate surface area is 99.9 Å². The molecular weight excluding hydrogens is 237 g/mol. The molecule has 0 bridgehead atoms. The molecule has 3 N–H and O–H groups in total. The monoisotopic (exact) mass is 245 g/mol. The van der Waals surface area contributed by atoms with E-state index in [4.69, 9.17) is 0 Å². The highest BCUT2D eigenvalue weighted by Gasteiger charge is 2.05. The second-order valence-electron chi connectivity index (χ2n) is 3.65. The SMILES string of the molecule is O=c1[nH]c(Nc2cccc(F)c2)nc2nc[nH]c12. The summed E-state index contributed by atoms with van der Waals surface area (Å²) >= 11 is 0. The number of nitrogens with zero attached hydrogens (tertiary/aromatic N) is 2. The second kappa shape index (κ2) is 3.95. The number of anilines is 2. The summed E-state index contributed by atoms with van der Waals surface area (Å²) in [7, 11) is 0. The van der Waals surface area contributed by atoms with Crippen molar-refractivity contribution in [3.63, 3.8) is 0 Å². The van der Waals surface area contributed by atoms with Crippen LogP contribution in [0.3, 0.4) is 0 Å². The molecule has 2 aromatic heterocycles. The number of halogens is 1. The summed E-state index contributed by atoms with van der Waals surface area (Å²) in [6.45, 7) is 0. The van der Waals surface area contributed by atoms with E-state index in [2.05, 4.69) is 25.3 Å². The summed E-state index contributed by atoms with van der Waals surface area (Å²) in [5.41, 5.74) is 0.766. The number of rotatable bonds is 2. The minimum absolute atomic E-state index is 0.213. The van der Waals surface area contributed by atoms with Gasteiger partial charge in [0.05, 0.1) is 6.33 Å². The van der Waals surface area contributed by atoms with E-state index in [9.17, 15) is 9.18 Å². The number of benzene rings is 1. The fourth-order valence-corrected chi connectivity index (χ4v) is 1.60. The van der Waals surface area contributed by atoms with Crippen LogP contribution in [0.1, 0.15) is 0 Å². The lowest BCUT2D eigenvalue weighted by Crippen LogP contribution is -2.11. The summed E-state index contributed by atoms with van der Waals surface area (Å²) < 4.78 is 13.0. The van der Waals surface area contributed by atoms with Crippen LogP contribution in [0.25, 0.3) is 11.2 Å². The van der Waals surface area contributed by atoms with E-state index < -0.39 is 0 Å². The molecule has 0 spiro atoms. The van der Waals surface area contributed by atoms with Gasteiger partial charge in [0.25, 0.3) is 5.56 Å². The van der Waals surface area contributed by atoms with E-state index in [0.717, 1.165) is 0 Å². The molecule has 7 heteroatoms. The van der Waals surface area contributed by atoms with E-state index in [1.165, 1.54) is 18.5 Å². The minimum Gasteiger partial charge on any atom is -0.339 e. The van der Waals surface area contributed by atoms with Gasteiger partial charge in [-0.15, -0.1) is 0 Å². The smallest absolute Gasteiger partial charge is 0.278 e. The predicted octanol–water partition coefficient (Wildman–Crippen LogP) is 1.53. The Bertz CT molecular complexity index is 763. The standard InChI is InChI=1S/C11H8FN5O/c12-6-2-1-3-7(4-6)15-11-16-9-8(10(18)17-11)13-5-14-9/h1-5H,(H3,13,14,15,16,17,18). The van der Waals surface area contributed by atoms with E-state index in [1.807, 2.05) is 0 Å². The van der Waals surface area contributed by atoms with Crippen molar-refractivity contribution < 1.29 is 4.39 Å². The number of nitrogens with one attached hydrogen (secondary N) is 3. The highest BCUT2D eigenvalue weighted by molar-refractivity contribution is 5.70. The number of aromatic amines is 2. The maximum atomic E-state index is 13.0. The number of hydrogen-bond acceptors (Lipinski definition) is 4. The maximum Gasteiger partial charge on any atom is 0.278 e. The molecule has 0 radical (unpaired) electrons. The Balaban J connectivity index is 2.02. The number of imidazole rings is 1. The summed E-state index contributed by atoms with van der Waals surface area (Å²) in [6.07, 6.45) is 1.39. The Kier molecular flexibility index (Phi) is 2.30. The number of hydrogen-bond donors (Lipinski definition) is 3. The first kappa shape index (κ1) is 10.5. The normalized spacial score (nSPS) is 10.7. The molecule has 0 amide bonds. The lowest BCUT2D eigenvalue weighted by Gasteiger charge is -2.04. The van der Waals surface area contributed by atoms with Crippen LogP contribution < -0.4 is 10.9 Å². The number of fused-ring (bicyclic) bond motifs is 1. The van der Waals surface area contributed by atoms with E-state index in [0.29, 0.717) is 16.9 Å². The average molecular weight is 245 g/mol. The topological polar surface area (TPSA) is 86.5 Å². The largest absolute Gasteiger partial charge is 0.339 e. The molecule has 18 heavy (non-hydrogen) atoms. The zero-order valence-electron chi connectivity index (χ0n) is 9.07. The highest BCUT2D eigenvalue weighted by Crippen LogP contribution is 2.13. The van der Waals surface area contributed by atoms with Crippen molar-refractivity contribution in [3.8, 4) is 0 Å². The van der Waals surface area contributed by atoms with Crippen LogP contribution in [0.4, 0.5) is 16.0 Å². The van der Waals surface area contributed by atoms with Gasteiger partial charge in [-0.25, -0.2) is 9.37 Å². The molecule has 0 aliphatic rings. The molecule has 0 atom stereocenters. The first-order valence-corrected chi connectivity index (χ1v) is 5.18. The molecule has 3 rings (SSSR count). The van der Waals surface area contributed by atoms with Crippen LogP contribution in [0.15, 0.2) is 35.4 Å². The summed E-state index contributed by atoms with van der Waals surface area (Å²) in [4.78, 5) is 24.8. The first-order chi connectivity index (χ1) is 8.72. The summed E-state index contributed by atoms with van der Waals surface area (Å²) in [5, 5.41) is 2.81. The van der Waals surface area contributed by atoms with Crippen LogP contribution >= 0.6 is 0 Å². The third kappa shape index (κ3) is 1.81. The van der Waals surface area contributed by atoms with Crippen molar-refractivity contribution in [2.75, 3.05) is 5.32 Å². The third-order valence-corrected chi connectivity index (χ3v) is 2.38. The zero-order chi connectivity index (χ0) is 12.5. The number of H-pyrrole nitrogens is 2. The van der Waals surface area contributed by atoms with Gasteiger partial charge in [-0.1, -0.05) is 6.07 Å². The van der Waals surface area contributed by atoms with Crippen molar-refractivity contribution in [1.82, 2.24) is 19.9 Å². The molecule has 0 aliphatic heterocycles. The van der Waals surface area contributed by atoms with Crippen LogP contribution in [0.5, 0.6) is 0 Å². The van der Waals surface area contributed by atoms with Crippen LogP contribution in [-0.4, -0.2) is 19.9 Å². The minimum atomic E-state index is -0.372. The quantitative estimate of drug-likeness (QED) is 0.639. The van der Waals surface area contributed by atoms with Gasteiger partial charge in [0.2, 0.25) is 5.95 Å². The van der Waals surface area contributed by atoms with Gasteiger partial charge in [0, 0.05) is 5.69 Å². The molecule has 0 saturated carbocycles. The average Bonchev–Trinajstić information content (AvgIpc) is 2.77. The predicted molar refractivity (Wildman–Crippen MR) is 64.2 cm³/mol. The van der Waals surface area contributed by atoms with E-state index >= 15 is 0 Å². The Hall–Kier alpha value is -2.70. The third-order valence-electron chi connectivity index (χ3n) is 2.38. The molecule has 1 aromatic carbocycles. The fourth-order valence-electron chi connectivity index (χ4n) is 1.60. The van der Waals surface area contributed by atoms with Crippen molar-refractivity contribution in [2.45, 2.75) is 0 Å². The van der Waals surface area contributed by atoms with E-state index in [-0.39, 0.29) is 17.3 Å². The molecule has 6 nitrogen and oxygen atoms in total. The first-order valence-electron chi connectivity index (χ1n) is 5.18. The van der Waals surface area contributed by atoms with Gasteiger partial charge < -0.3 is 10.3 Å². The fraction of sp³-hybridized carbons (Fsp3) is 0. The van der Waals surface area contributed by atoms with Crippen LogP contribution in [0, 0.1) is 5.82 Å². The van der Waals surface area contributed by atoms with Gasteiger partial charge in [-0.05, 0) is 18.2 Å². The Morgan fingerprint density at radius 3 is 3.06 bits per heavy atom. The molecule has 90 valence electrons. The molecule has 3 aromatic rings. The van der Waals surface area contributed by atoms with Gasteiger partial charge in [0.15, 0.2) is 11.2 Å². The lowest BCUT2D eigenvalue weighted by atomic mass is 10.3. The van der Waals surface area contributed by atoms with Crippen LogP contribution in [0.2, 0.25) is 0 Å². The van der Waals surface area contributed by atoms with Gasteiger partial charge in [-0.2, -0.15) is 4.98 Å². The van der Waals surface area contributed by atoms with Crippen LogP contribution in [-0.2, 0) is 0 Å². The second-order valence-corrected chi connectivity index (χ2v) is 3.65. The maximum absolute atomic E-state index is 13.0. The Morgan fingerprint density at radius 2 is 2.22 bits per heavy atom. The van der Waals surface area contributed by atoms with Gasteiger partial charge in [-0.3, -0.25) is 9.78 Å². The molecule has 0 fully saturated rings. The molecule has 0 saturated heterocycles. The van der Waals surface area contributed by atoms with E-state index in [1.54, 1.807) is 12.1 Å². The highest BCUT2D eigenvalue weighted by atomic mass is 19.1. The van der Waals surface area contributed by atoms with Crippen molar-refractivity contribution in [3.05, 3.63) is 46.8 Å². The molecule has 0 aliphatic carbocycles.